The highest BCUT2D eigenvalue weighted by molar-refractivity contribution is 6.31. The fraction of sp³-hybridized carbons (Fsp3) is 0.211. The quantitative estimate of drug-likeness (QED) is 0.734. The van der Waals surface area contributed by atoms with Gasteiger partial charge in [-0.05, 0) is 55.3 Å². The zero-order valence-electron chi connectivity index (χ0n) is 13.1. The number of hydrogen-bond donors (Lipinski definition) is 1. The molecule has 0 spiro atoms. The SMILES string of the molecule is O=C(Nc1cccc(N2CCCC2)c1)c1cc2cc(Cl)ccc2o1. The Morgan fingerprint density at radius 2 is 1.92 bits per heavy atom. The predicted molar refractivity (Wildman–Crippen MR) is 97.1 cm³/mol. The van der Waals surface area contributed by atoms with Crippen molar-refractivity contribution in [1.82, 2.24) is 0 Å². The molecular weight excluding hydrogens is 324 g/mol. The minimum absolute atomic E-state index is 0.263. The summed E-state index contributed by atoms with van der Waals surface area (Å²) in [7, 11) is 0. The van der Waals surface area contributed by atoms with Gasteiger partial charge in [-0.1, -0.05) is 17.7 Å². The van der Waals surface area contributed by atoms with Gasteiger partial charge in [0.15, 0.2) is 5.76 Å². The highest BCUT2D eigenvalue weighted by Gasteiger charge is 2.15. The zero-order chi connectivity index (χ0) is 16.5. The highest BCUT2D eigenvalue weighted by Crippen LogP contribution is 2.26. The van der Waals surface area contributed by atoms with E-state index in [4.69, 9.17) is 16.0 Å². The molecule has 0 bridgehead atoms. The Hall–Kier alpha value is -2.46. The topological polar surface area (TPSA) is 45.5 Å². The molecule has 1 N–H and O–H groups in total. The van der Waals surface area contributed by atoms with Gasteiger partial charge in [0, 0.05) is 34.9 Å². The maximum atomic E-state index is 12.4. The van der Waals surface area contributed by atoms with Gasteiger partial charge in [-0.2, -0.15) is 0 Å². The minimum atomic E-state index is -0.263. The summed E-state index contributed by atoms with van der Waals surface area (Å²) in [5, 5.41) is 4.34. The molecule has 1 aliphatic rings. The number of carbonyl (C=O) groups is 1. The third kappa shape index (κ3) is 2.97. The summed E-state index contributed by atoms with van der Waals surface area (Å²) < 4.78 is 5.61. The maximum Gasteiger partial charge on any atom is 0.291 e. The van der Waals surface area contributed by atoms with Crippen LogP contribution in [0.5, 0.6) is 0 Å². The molecule has 0 unspecified atom stereocenters. The van der Waals surface area contributed by atoms with Crippen LogP contribution in [0, 0.1) is 0 Å². The lowest BCUT2D eigenvalue weighted by Gasteiger charge is -2.18. The lowest BCUT2D eigenvalue weighted by molar-refractivity contribution is 0.0998. The van der Waals surface area contributed by atoms with E-state index in [1.165, 1.54) is 12.8 Å². The van der Waals surface area contributed by atoms with Gasteiger partial charge in [-0.3, -0.25) is 4.79 Å². The normalized spacial score (nSPS) is 14.3. The molecule has 0 aliphatic carbocycles. The van der Waals surface area contributed by atoms with Gasteiger partial charge >= 0.3 is 0 Å². The number of fused-ring (bicyclic) bond motifs is 1. The summed E-state index contributed by atoms with van der Waals surface area (Å²) in [5.41, 5.74) is 2.56. The number of carbonyl (C=O) groups excluding carboxylic acids is 1. The first-order valence-electron chi connectivity index (χ1n) is 8.04. The van der Waals surface area contributed by atoms with E-state index in [1.54, 1.807) is 24.3 Å². The molecule has 1 aliphatic heterocycles. The number of nitrogens with zero attached hydrogens (tertiary/aromatic N) is 1. The Labute approximate surface area is 145 Å². The Morgan fingerprint density at radius 3 is 2.75 bits per heavy atom. The molecule has 0 saturated carbocycles. The van der Waals surface area contributed by atoms with Gasteiger partial charge in [-0.25, -0.2) is 0 Å². The van der Waals surface area contributed by atoms with Crippen LogP contribution in [0.2, 0.25) is 5.02 Å². The van der Waals surface area contributed by atoms with Crippen molar-refractivity contribution in [2.45, 2.75) is 12.8 Å². The molecule has 3 aromatic rings. The standard InChI is InChI=1S/C19H17ClN2O2/c20-14-6-7-17-13(10-14)11-18(24-17)19(23)21-15-4-3-5-16(12-15)22-8-1-2-9-22/h3-7,10-12H,1-2,8-9H2,(H,21,23). The average molecular weight is 341 g/mol. The van der Waals surface area contributed by atoms with Crippen LogP contribution >= 0.6 is 11.6 Å². The molecule has 5 heteroatoms. The number of hydrogen-bond acceptors (Lipinski definition) is 3. The van der Waals surface area contributed by atoms with Gasteiger partial charge in [0.25, 0.3) is 5.91 Å². The molecule has 24 heavy (non-hydrogen) atoms. The van der Waals surface area contributed by atoms with Gasteiger partial charge < -0.3 is 14.6 Å². The van der Waals surface area contributed by atoms with Crippen LogP contribution in [-0.4, -0.2) is 19.0 Å². The Balaban J connectivity index is 1.55. The number of anilines is 2. The average Bonchev–Trinajstić information content (AvgIpc) is 3.24. The maximum absolute atomic E-state index is 12.4. The number of furan rings is 1. The Bertz CT molecular complexity index is 897. The summed E-state index contributed by atoms with van der Waals surface area (Å²) in [5.74, 6) is 0.0136. The van der Waals surface area contributed by atoms with Crippen LogP contribution in [0.1, 0.15) is 23.4 Å². The van der Waals surface area contributed by atoms with Crippen LogP contribution < -0.4 is 10.2 Å². The van der Waals surface area contributed by atoms with Gasteiger partial charge in [0.05, 0.1) is 0 Å². The van der Waals surface area contributed by atoms with Crippen molar-refractivity contribution in [2.75, 3.05) is 23.3 Å². The van der Waals surface area contributed by atoms with E-state index >= 15 is 0 Å². The fourth-order valence-corrected chi connectivity index (χ4v) is 3.26. The van der Waals surface area contributed by atoms with E-state index in [1.807, 2.05) is 18.2 Å². The lowest BCUT2D eigenvalue weighted by atomic mass is 10.2. The van der Waals surface area contributed by atoms with E-state index in [0.717, 1.165) is 29.9 Å². The van der Waals surface area contributed by atoms with Gasteiger partial charge in [-0.15, -0.1) is 0 Å². The molecule has 2 heterocycles. The van der Waals surface area contributed by atoms with Crippen LogP contribution in [0.25, 0.3) is 11.0 Å². The lowest BCUT2D eigenvalue weighted by Crippen LogP contribution is -2.18. The predicted octanol–water partition coefficient (Wildman–Crippen LogP) is 4.94. The zero-order valence-corrected chi connectivity index (χ0v) is 13.8. The van der Waals surface area contributed by atoms with Crippen molar-refractivity contribution in [3.8, 4) is 0 Å². The first-order chi connectivity index (χ1) is 11.7. The smallest absolute Gasteiger partial charge is 0.291 e. The Kier molecular flexibility index (Phi) is 3.90. The summed E-state index contributed by atoms with van der Waals surface area (Å²) in [6.45, 7) is 2.14. The molecule has 4 rings (SSSR count). The molecule has 122 valence electrons. The van der Waals surface area contributed by atoms with E-state index in [0.29, 0.717) is 10.6 Å². The second-order valence-corrected chi connectivity index (χ2v) is 6.43. The van der Waals surface area contributed by atoms with Crippen LogP contribution in [0.15, 0.2) is 52.9 Å². The summed E-state index contributed by atoms with van der Waals surface area (Å²) in [4.78, 5) is 14.8. The number of rotatable bonds is 3. The molecule has 0 atom stereocenters. The number of halogens is 1. The third-order valence-electron chi connectivity index (χ3n) is 4.28. The van der Waals surface area contributed by atoms with E-state index in [9.17, 15) is 4.79 Å². The number of benzene rings is 2. The summed E-state index contributed by atoms with van der Waals surface area (Å²) >= 11 is 5.97. The van der Waals surface area contributed by atoms with E-state index in [2.05, 4.69) is 16.3 Å². The van der Waals surface area contributed by atoms with Crippen molar-refractivity contribution in [1.29, 1.82) is 0 Å². The van der Waals surface area contributed by atoms with E-state index in [-0.39, 0.29) is 11.7 Å². The first-order valence-corrected chi connectivity index (χ1v) is 8.42. The second kappa shape index (κ2) is 6.21. The fourth-order valence-electron chi connectivity index (χ4n) is 3.07. The molecule has 2 aromatic carbocycles. The third-order valence-corrected chi connectivity index (χ3v) is 4.51. The molecule has 1 saturated heterocycles. The van der Waals surface area contributed by atoms with Crippen molar-refractivity contribution < 1.29 is 9.21 Å². The van der Waals surface area contributed by atoms with Crippen molar-refractivity contribution in [3.05, 3.63) is 59.3 Å². The molecule has 1 fully saturated rings. The monoisotopic (exact) mass is 340 g/mol. The highest BCUT2D eigenvalue weighted by atomic mass is 35.5. The van der Waals surface area contributed by atoms with Crippen LogP contribution in [0.3, 0.4) is 0 Å². The van der Waals surface area contributed by atoms with Crippen LogP contribution in [-0.2, 0) is 0 Å². The minimum Gasteiger partial charge on any atom is -0.451 e. The van der Waals surface area contributed by atoms with E-state index < -0.39 is 0 Å². The molecular formula is C19H17ClN2O2. The van der Waals surface area contributed by atoms with Gasteiger partial charge in [0.2, 0.25) is 0 Å². The van der Waals surface area contributed by atoms with Crippen LogP contribution in [0.4, 0.5) is 11.4 Å². The number of amides is 1. The van der Waals surface area contributed by atoms with Crippen molar-refractivity contribution in [2.24, 2.45) is 0 Å². The van der Waals surface area contributed by atoms with Crippen molar-refractivity contribution >= 4 is 39.9 Å². The second-order valence-electron chi connectivity index (χ2n) is 5.99. The van der Waals surface area contributed by atoms with Gasteiger partial charge in [0.1, 0.15) is 5.58 Å². The summed E-state index contributed by atoms with van der Waals surface area (Å²) in [6.07, 6.45) is 2.44. The van der Waals surface area contributed by atoms with Crippen molar-refractivity contribution in [3.63, 3.8) is 0 Å². The molecule has 1 aromatic heterocycles. The first kappa shape index (κ1) is 15.1. The largest absolute Gasteiger partial charge is 0.451 e. The molecule has 4 nitrogen and oxygen atoms in total. The Morgan fingerprint density at radius 1 is 1.08 bits per heavy atom. The molecule has 1 amide bonds. The summed E-state index contributed by atoms with van der Waals surface area (Å²) in [6, 6.07) is 14.9. The number of nitrogens with one attached hydrogen (secondary N) is 1. The molecule has 0 radical (unpaired) electrons.